The Balaban J connectivity index is 3.11. The summed E-state index contributed by atoms with van der Waals surface area (Å²) in [6.45, 7) is 6.19. The average Bonchev–Trinajstić information content (AvgIpc) is 2.56. The largest absolute Gasteiger partial charge is 0.456 e. The molecule has 0 N–H and O–H groups in total. The van der Waals surface area contributed by atoms with Gasteiger partial charge >= 0.3 is 0 Å². The Labute approximate surface area is 83.4 Å². The van der Waals surface area contributed by atoms with E-state index >= 15 is 0 Å². The third-order valence-electron chi connectivity index (χ3n) is 2.38. The summed E-state index contributed by atoms with van der Waals surface area (Å²) in [6.07, 6.45) is 2.11. The highest BCUT2D eigenvalue weighted by atomic mass is 16.3. The molecule has 14 heavy (non-hydrogen) atoms. The van der Waals surface area contributed by atoms with Crippen LogP contribution in [0.1, 0.15) is 20.8 Å². The first-order valence-corrected chi connectivity index (χ1v) is 4.85. The van der Waals surface area contributed by atoms with Gasteiger partial charge in [0.15, 0.2) is 0 Å². The molecule has 2 aromatic rings. The summed E-state index contributed by atoms with van der Waals surface area (Å²) in [6, 6.07) is 8.15. The Morgan fingerprint density at radius 1 is 1.21 bits per heavy atom. The van der Waals surface area contributed by atoms with Crippen molar-refractivity contribution in [3.8, 4) is 0 Å². The summed E-state index contributed by atoms with van der Waals surface area (Å²) in [5.74, 6) is 0. The van der Waals surface area contributed by atoms with Crippen LogP contribution in [0.4, 0.5) is 0 Å². The van der Waals surface area contributed by atoms with Crippen LogP contribution < -0.4 is 10.6 Å². The summed E-state index contributed by atoms with van der Waals surface area (Å²) < 4.78 is 5.78. The molecule has 0 saturated heterocycles. The van der Waals surface area contributed by atoms with Gasteiger partial charge in [-0.05, 0) is 32.4 Å². The van der Waals surface area contributed by atoms with Gasteiger partial charge in [-0.1, -0.05) is 24.3 Å². The topological polar surface area (TPSA) is 13.1 Å². The second kappa shape index (κ2) is 3.33. The maximum absolute atomic E-state index is 5.78. The molecule has 1 heteroatoms. The number of hydrogen-bond donors (Lipinski definition) is 0. The smallest absolute Gasteiger partial charge is 0.135 e. The lowest BCUT2D eigenvalue weighted by Gasteiger charge is -1.82. The monoisotopic (exact) mass is 186 g/mol. The molecule has 0 bridgehead atoms. The molecular formula is C13H14O. The number of furan rings is 1. The van der Waals surface area contributed by atoms with Crippen molar-refractivity contribution >= 4 is 22.6 Å². The molecule has 0 amide bonds. The van der Waals surface area contributed by atoms with Crippen LogP contribution in [0.5, 0.6) is 0 Å². The lowest BCUT2D eigenvalue weighted by molar-refractivity contribution is 0.571. The van der Waals surface area contributed by atoms with E-state index in [1.807, 2.05) is 25.1 Å². The quantitative estimate of drug-likeness (QED) is 0.616. The second-order valence-electron chi connectivity index (χ2n) is 3.63. The van der Waals surface area contributed by atoms with Gasteiger partial charge in [0.05, 0.1) is 0 Å². The fraction of sp³-hybridized carbons (Fsp3) is 0.231. The first-order chi connectivity index (χ1) is 6.74. The molecule has 0 atom stereocenters. The van der Waals surface area contributed by atoms with Crippen LogP contribution >= 0.6 is 0 Å². The molecule has 1 aromatic carbocycles. The molecule has 0 spiro atoms. The van der Waals surface area contributed by atoms with E-state index in [4.69, 9.17) is 4.42 Å². The van der Waals surface area contributed by atoms with Gasteiger partial charge in [-0.3, -0.25) is 0 Å². The Kier molecular flexibility index (Phi) is 2.16. The van der Waals surface area contributed by atoms with Gasteiger partial charge in [-0.15, -0.1) is 0 Å². The van der Waals surface area contributed by atoms with Crippen molar-refractivity contribution in [3.05, 3.63) is 34.9 Å². The first-order valence-electron chi connectivity index (χ1n) is 4.85. The van der Waals surface area contributed by atoms with Crippen molar-refractivity contribution in [3.63, 3.8) is 0 Å². The molecule has 1 heterocycles. The predicted octanol–water partition coefficient (Wildman–Crippen LogP) is 2.42. The van der Waals surface area contributed by atoms with Gasteiger partial charge in [0.1, 0.15) is 11.0 Å². The van der Waals surface area contributed by atoms with Gasteiger partial charge in [0.2, 0.25) is 0 Å². The number of rotatable bonds is 0. The van der Waals surface area contributed by atoms with Crippen LogP contribution in [0.2, 0.25) is 0 Å². The number of para-hydroxylation sites is 1. The molecule has 0 aliphatic heterocycles. The molecule has 0 unspecified atom stereocenters. The lowest BCUT2D eigenvalue weighted by atomic mass is 10.2. The highest BCUT2D eigenvalue weighted by Gasteiger charge is 2.01. The van der Waals surface area contributed by atoms with Crippen molar-refractivity contribution in [2.45, 2.75) is 20.8 Å². The highest BCUT2D eigenvalue weighted by molar-refractivity contribution is 5.79. The summed E-state index contributed by atoms with van der Waals surface area (Å²) in [4.78, 5) is 0. The minimum Gasteiger partial charge on any atom is -0.456 e. The average molecular weight is 186 g/mol. The summed E-state index contributed by atoms with van der Waals surface area (Å²) in [5, 5.41) is 2.41. The third kappa shape index (κ3) is 1.25. The van der Waals surface area contributed by atoms with Gasteiger partial charge in [0.25, 0.3) is 0 Å². The molecule has 0 aliphatic rings. The summed E-state index contributed by atoms with van der Waals surface area (Å²) >= 11 is 0. The fourth-order valence-corrected chi connectivity index (χ4v) is 1.72. The Morgan fingerprint density at radius 2 is 1.93 bits per heavy atom. The minimum absolute atomic E-state index is 0.969. The molecule has 1 aromatic heterocycles. The number of fused-ring (bicyclic) bond motifs is 1. The second-order valence-corrected chi connectivity index (χ2v) is 3.63. The van der Waals surface area contributed by atoms with Crippen LogP contribution in [0, 0.1) is 0 Å². The molecule has 2 rings (SSSR count). The van der Waals surface area contributed by atoms with E-state index in [2.05, 4.69) is 26.0 Å². The van der Waals surface area contributed by atoms with Crippen LogP contribution in [-0.2, 0) is 0 Å². The van der Waals surface area contributed by atoms with E-state index < -0.39 is 0 Å². The van der Waals surface area contributed by atoms with E-state index in [0.717, 1.165) is 11.0 Å². The normalized spacial score (nSPS) is 12.4. The van der Waals surface area contributed by atoms with Crippen molar-refractivity contribution in [2.75, 3.05) is 0 Å². The van der Waals surface area contributed by atoms with Gasteiger partial charge < -0.3 is 4.42 Å². The van der Waals surface area contributed by atoms with Crippen molar-refractivity contribution in [1.82, 2.24) is 0 Å². The summed E-state index contributed by atoms with van der Waals surface area (Å²) in [7, 11) is 0. The molecule has 0 fully saturated rings. The Morgan fingerprint density at radius 3 is 2.57 bits per heavy atom. The van der Waals surface area contributed by atoms with E-state index in [-0.39, 0.29) is 0 Å². The van der Waals surface area contributed by atoms with E-state index in [1.54, 1.807) is 0 Å². The predicted molar refractivity (Wildman–Crippen MR) is 60.4 cm³/mol. The van der Waals surface area contributed by atoms with Crippen molar-refractivity contribution in [1.29, 1.82) is 0 Å². The lowest BCUT2D eigenvalue weighted by Crippen LogP contribution is -2.21. The zero-order valence-electron chi connectivity index (χ0n) is 8.79. The molecule has 0 saturated carbocycles. The van der Waals surface area contributed by atoms with Gasteiger partial charge in [0, 0.05) is 10.6 Å². The van der Waals surface area contributed by atoms with Crippen LogP contribution in [0.3, 0.4) is 0 Å². The standard InChI is InChI=1S/C13H14O/c1-4-10-11-7-5-6-8-12(11)14-13(10)9(2)3/h4-8H,1-3H3/b10-4-. The SMILES string of the molecule is C/C=c1\c(=C(C)C)oc2ccccc12. The maximum atomic E-state index is 5.78. The zero-order valence-corrected chi connectivity index (χ0v) is 8.79. The summed E-state index contributed by atoms with van der Waals surface area (Å²) in [5.41, 5.74) is 3.19. The minimum atomic E-state index is 0.969. The first kappa shape index (κ1) is 9.07. The Bertz CT molecular complexity index is 569. The van der Waals surface area contributed by atoms with E-state index in [0.29, 0.717) is 0 Å². The highest BCUT2D eigenvalue weighted by Crippen LogP contribution is 2.07. The maximum Gasteiger partial charge on any atom is 0.135 e. The van der Waals surface area contributed by atoms with Crippen LogP contribution in [0.15, 0.2) is 28.7 Å². The molecule has 1 nitrogen and oxygen atoms in total. The van der Waals surface area contributed by atoms with Crippen LogP contribution in [0.25, 0.3) is 22.6 Å². The zero-order chi connectivity index (χ0) is 10.1. The van der Waals surface area contributed by atoms with Gasteiger partial charge in [-0.25, -0.2) is 0 Å². The van der Waals surface area contributed by atoms with Crippen molar-refractivity contribution in [2.24, 2.45) is 0 Å². The number of benzene rings is 1. The van der Waals surface area contributed by atoms with Crippen molar-refractivity contribution < 1.29 is 4.42 Å². The molecule has 0 aliphatic carbocycles. The van der Waals surface area contributed by atoms with E-state index in [9.17, 15) is 0 Å². The van der Waals surface area contributed by atoms with Crippen LogP contribution in [-0.4, -0.2) is 0 Å². The fourth-order valence-electron chi connectivity index (χ4n) is 1.72. The Hall–Kier alpha value is -1.50. The van der Waals surface area contributed by atoms with E-state index in [1.165, 1.54) is 16.2 Å². The molecular weight excluding hydrogens is 172 g/mol. The molecule has 0 radical (unpaired) electrons. The van der Waals surface area contributed by atoms with Gasteiger partial charge in [-0.2, -0.15) is 0 Å². The number of hydrogen-bond acceptors (Lipinski definition) is 1. The third-order valence-corrected chi connectivity index (χ3v) is 2.38. The molecule has 72 valence electrons.